The van der Waals surface area contributed by atoms with Crippen molar-refractivity contribution in [3.8, 4) is 5.82 Å². The monoisotopic (exact) mass is 324 g/mol. The van der Waals surface area contributed by atoms with Crippen LogP contribution >= 0.6 is 0 Å². The largest absolute Gasteiger partial charge is 0.462 e. The molecule has 0 amide bonds. The molecular formula is C16H16N6O2. The standard InChI is InChI=1S/C16H16N6O2/c1-2-24-16(23)13-4-5-14(19-9-13)18-7-12-3-6-15(20-8-12)22-11-17-10-21-22/h3-6,8-11H,2,7H2,1H3,(H,18,19). The number of esters is 1. The summed E-state index contributed by atoms with van der Waals surface area (Å²) in [5.74, 6) is 1.00. The Morgan fingerprint density at radius 3 is 2.75 bits per heavy atom. The zero-order chi connectivity index (χ0) is 16.8. The second-order valence-electron chi connectivity index (χ2n) is 4.87. The fraction of sp³-hybridized carbons (Fsp3) is 0.188. The summed E-state index contributed by atoms with van der Waals surface area (Å²) in [5, 5.41) is 7.20. The Morgan fingerprint density at radius 2 is 2.12 bits per heavy atom. The van der Waals surface area contributed by atoms with Gasteiger partial charge < -0.3 is 10.1 Å². The quantitative estimate of drug-likeness (QED) is 0.691. The molecule has 8 heteroatoms. The van der Waals surface area contributed by atoms with E-state index < -0.39 is 0 Å². The summed E-state index contributed by atoms with van der Waals surface area (Å²) in [4.78, 5) is 24.0. The molecule has 0 unspecified atom stereocenters. The molecule has 0 bridgehead atoms. The van der Waals surface area contributed by atoms with Crippen LogP contribution in [0.3, 0.4) is 0 Å². The predicted molar refractivity (Wildman–Crippen MR) is 86.7 cm³/mol. The van der Waals surface area contributed by atoms with Crippen molar-refractivity contribution in [2.75, 3.05) is 11.9 Å². The number of carbonyl (C=O) groups excluding carboxylic acids is 1. The van der Waals surface area contributed by atoms with E-state index >= 15 is 0 Å². The number of hydrogen-bond donors (Lipinski definition) is 1. The molecule has 3 aromatic heterocycles. The van der Waals surface area contributed by atoms with Crippen molar-refractivity contribution < 1.29 is 9.53 Å². The van der Waals surface area contributed by atoms with Crippen LogP contribution in [0.25, 0.3) is 5.82 Å². The van der Waals surface area contributed by atoms with Crippen molar-refractivity contribution in [3.63, 3.8) is 0 Å². The Bertz CT molecular complexity index is 784. The van der Waals surface area contributed by atoms with Gasteiger partial charge in [0.15, 0.2) is 5.82 Å². The highest BCUT2D eigenvalue weighted by molar-refractivity contribution is 5.89. The van der Waals surface area contributed by atoms with Crippen LogP contribution in [0.2, 0.25) is 0 Å². The third-order valence-corrected chi connectivity index (χ3v) is 3.21. The van der Waals surface area contributed by atoms with E-state index in [1.165, 1.54) is 12.5 Å². The molecule has 0 saturated carbocycles. The average Bonchev–Trinajstić information content (AvgIpc) is 3.16. The molecule has 0 aliphatic rings. The molecule has 3 aromatic rings. The first-order valence-electron chi connectivity index (χ1n) is 7.43. The first kappa shape index (κ1) is 15.6. The van der Waals surface area contributed by atoms with E-state index in [1.807, 2.05) is 12.1 Å². The fourth-order valence-electron chi connectivity index (χ4n) is 2.01. The molecule has 0 aromatic carbocycles. The SMILES string of the molecule is CCOC(=O)c1ccc(NCc2ccc(-n3cncn3)nc2)nc1. The van der Waals surface area contributed by atoms with E-state index in [9.17, 15) is 4.79 Å². The number of ether oxygens (including phenoxy) is 1. The predicted octanol–water partition coefficient (Wildman–Crippen LogP) is 1.85. The number of hydrogen-bond acceptors (Lipinski definition) is 7. The third-order valence-electron chi connectivity index (χ3n) is 3.21. The summed E-state index contributed by atoms with van der Waals surface area (Å²) < 4.78 is 6.51. The van der Waals surface area contributed by atoms with Gasteiger partial charge in [-0.05, 0) is 30.7 Å². The summed E-state index contributed by atoms with van der Waals surface area (Å²) in [6, 6.07) is 7.23. The number of pyridine rings is 2. The minimum Gasteiger partial charge on any atom is -0.462 e. The zero-order valence-electron chi connectivity index (χ0n) is 13.1. The average molecular weight is 324 g/mol. The van der Waals surface area contributed by atoms with Crippen LogP contribution in [0.5, 0.6) is 0 Å². The van der Waals surface area contributed by atoms with Gasteiger partial charge in [-0.2, -0.15) is 5.10 Å². The number of rotatable bonds is 6. The van der Waals surface area contributed by atoms with Crippen molar-refractivity contribution in [1.82, 2.24) is 24.7 Å². The summed E-state index contributed by atoms with van der Waals surface area (Å²) in [6.07, 6.45) is 6.31. The molecule has 3 heterocycles. The summed E-state index contributed by atoms with van der Waals surface area (Å²) >= 11 is 0. The second kappa shape index (κ2) is 7.32. The maximum Gasteiger partial charge on any atom is 0.339 e. The number of carbonyl (C=O) groups is 1. The van der Waals surface area contributed by atoms with E-state index in [0.29, 0.717) is 30.4 Å². The van der Waals surface area contributed by atoms with Gasteiger partial charge in [0.05, 0.1) is 12.2 Å². The Labute approximate surface area is 138 Å². The molecule has 0 spiro atoms. The van der Waals surface area contributed by atoms with Crippen LogP contribution in [0.1, 0.15) is 22.8 Å². The normalized spacial score (nSPS) is 10.4. The van der Waals surface area contributed by atoms with Gasteiger partial charge in [-0.3, -0.25) is 0 Å². The molecule has 0 aliphatic heterocycles. The van der Waals surface area contributed by atoms with Gasteiger partial charge >= 0.3 is 5.97 Å². The molecule has 0 aliphatic carbocycles. The maximum atomic E-state index is 11.6. The zero-order valence-corrected chi connectivity index (χ0v) is 13.1. The summed E-state index contributed by atoms with van der Waals surface area (Å²) in [7, 11) is 0. The Morgan fingerprint density at radius 1 is 1.21 bits per heavy atom. The van der Waals surface area contributed by atoms with E-state index in [-0.39, 0.29) is 5.97 Å². The van der Waals surface area contributed by atoms with Gasteiger partial charge in [0.25, 0.3) is 0 Å². The fourth-order valence-corrected chi connectivity index (χ4v) is 2.01. The van der Waals surface area contributed by atoms with E-state index in [4.69, 9.17) is 4.74 Å². The van der Waals surface area contributed by atoms with Gasteiger partial charge in [-0.1, -0.05) is 6.07 Å². The van der Waals surface area contributed by atoms with Crippen molar-refractivity contribution in [3.05, 3.63) is 60.4 Å². The minimum absolute atomic E-state index is 0.344. The van der Waals surface area contributed by atoms with Gasteiger partial charge in [0, 0.05) is 18.9 Å². The molecule has 3 rings (SSSR count). The second-order valence-corrected chi connectivity index (χ2v) is 4.87. The topological polar surface area (TPSA) is 94.8 Å². The smallest absolute Gasteiger partial charge is 0.339 e. The molecular weight excluding hydrogens is 308 g/mol. The first-order valence-corrected chi connectivity index (χ1v) is 7.43. The molecule has 24 heavy (non-hydrogen) atoms. The molecule has 0 saturated heterocycles. The van der Waals surface area contributed by atoms with Crippen molar-refractivity contribution >= 4 is 11.8 Å². The molecule has 122 valence electrons. The summed E-state index contributed by atoms with van der Waals surface area (Å²) in [6.45, 7) is 2.68. The number of nitrogens with zero attached hydrogens (tertiary/aromatic N) is 5. The van der Waals surface area contributed by atoms with Crippen LogP contribution in [0.15, 0.2) is 49.3 Å². The highest BCUT2D eigenvalue weighted by atomic mass is 16.5. The van der Waals surface area contributed by atoms with Crippen molar-refractivity contribution in [2.24, 2.45) is 0 Å². The highest BCUT2D eigenvalue weighted by Crippen LogP contribution is 2.09. The van der Waals surface area contributed by atoms with Gasteiger partial charge in [0.2, 0.25) is 0 Å². The lowest BCUT2D eigenvalue weighted by atomic mass is 10.2. The molecule has 0 atom stereocenters. The highest BCUT2D eigenvalue weighted by Gasteiger charge is 2.06. The Hall–Kier alpha value is -3.29. The molecule has 0 fully saturated rings. The first-order chi connectivity index (χ1) is 11.8. The summed E-state index contributed by atoms with van der Waals surface area (Å²) in [5.41, 5.74) is 1.43. The van der Waals surface area contributed by atoms with Crippen molar-refractivity contribution in [1.29, 1.82) is 0 Å². The lowest BCUT2D eigenvalue weighted by Gasteiger charge is -2.07. The van der Waals surface area contributed by atoms with Crippen LogP contribution in [0, 0.1) is 0 Å². The van der Waals surface area contributed by atoms with Crippen LogP contribution in [-0.4, -0.2) is 37.3 Å². The number of anilines is 1. The van der Waals surface area contributed by atoms with Gasteiger partial charge in [-0.25, -0.2) is 24.4 Å². The van der Waals surface area contributed by atoms with E-state index in [1.54, 1.807) is 36.3 Å². The lowest BCUT2D eigenvalue weighted by molar-refractivity contribution is 0.0526. The van der Waals surface area contributed by atoms with Crippen LogP contribution in [0.4, 0.5) is 5.82 Å². The third kappa shape index (κ3) is 3.72. The Kier molecular flexibility index (Phi) is 4.76. The van der Waals surface area contributed by atoms with Crippen molar-refractivity contribution in [2.45, 2.75) is 13.5 Å². The molecule has 0 radical (unpaired) electrons. The Balaban J connectivity index is 1.58. The van der Waals surface area contributed by atoms with Crippen LogP contribution in [-0.2, 0) is 11.3 Å². The van der Waals surface area contributed by atoms with E-state index in [2.05, 4.69) is 25.4 Å². The lowest BCUT2D eigenvalue weighted by Crippen LogP contribution is -2.07. The molecule has 1 N–H and O–H groups in total. The molecule has 8 nitrogen and oxygen atoms in total. The minimum atomic E-state index is -0.371. The number of aromatic nitrogens is 5. The van der Waals surface area contributed by atoms with Gasteiger partial charge in [0.1, 0.15) is 18.5 Å². The van der Waals surface area contributed by atoms with Gasteiger partial charge in [-0.15, -0.1) is 0 Å². The number of nitrogens with one attached hydrogen (secondary N) is 1. The van der Waals surface area contributed by atoms with E-state index in [0.717, 1.165) is 5.56 Å². The van der Waals surface area contributed by atoms with Crippen LogP contribution < -0.4 is 5.32 Å². The maximum absolute atomic E-state index is 11.6.